The average molecular weight is 343 g/mol. The molecule has 7 heteroatoms. The largest absolute Gasteiger partial charge is 0.398 e. The van der Waals surface area contributed by atoms with Gasteiger partial charge in [-0.25, -0.2) is 9.50 Å². The van der Waals surface area contributed by atoms with Crippen LogP contribution < -0.4 is 10.6 Å². The smallest absolute Gasteiger partial charge is 0.164 e. The van der Waals surface area contributed by atoms with E-state index in [0.29, 0.717) is 10.8 Å². The molecule has 1 fully saturated rings. The highest BCUT2D eigenvalue weighted by Gasteiger charge is 2.17. The van der Waals surface area contributed by atoms with Crippen molar-refractivity contribution in [1.82, 2.24) is 19.5 Å². The van der Waals surface area contributed by atoms with Gasteiger partial charge in [0.25, 0.3) is 0 Å². The van der Waals surface area contributed by atoms with Crippen LogP contribution in [0.3, 0.4) is 0 Å². The molecule has 3 heterocycles. The lowest BCUT2D eigenvalue weighted by atomic mass is 10.0. The number of fused-ring (bicyclic) bond motifs is 1. The van der Waals surface area contributed by atoms with Crippen molar-refractivity contribution in [2.75, 3.05) is 43.9 Å². The molecule has 0 unspecified atom stereocenters. The van der Waals surface area contributed by atoms with Crippen molar-refractivity contribution in [3.05, 3.63) is 41.8 Å². The Balaban J connectivity index is 1.78. The lowest BCUT2D eigenvalue weighted by molar-refractivity contribution is 0.313. The van der Waals surface area contributed by atoms with E-state index in [1.54, 1.807) is 4.52 Å². The van der Waals surface area contributed by atoms with E-state index in [2.05, 4.69) is 39.1 Å². The van der Waals surface area contributed by atoms with Crippen LogP contribution in [-0.4, -0.2) is 52.7 Å². The van der Waals surface area contributed by atoms with E-state index in [1.807, 2.05) is 18.2 Å². The molecule has 0 amide bonds. The van der Waals surface area contributed by atoms with Gasteiger partial charge in [-0.2, -0.15) is 5.10 Å². The highest BCUT2D eigenvalue weighted by molar-refractivity contribution is 6.29. The predicted octanol–water partition coefficient (Wildman–Crippen LogP) is 2.38. The summed E-state index contributed by atoms with van der Waals surface area (Å²) in [5.74, 6) is 0. The van der Waals surface area contributed by atoms with E-state index < -0.39 is 0 Å². The summed E-state index contributed by atoms with van der Waals surface area (Å²) in [6.45, 7) is 4.16. The summed E-state index contributed by atoms with van der Waals surface area (Å²) in [5.41, 5.74) is 10.8. The number of halogens is 1. The van der Waals surface area contributed by atoms with Gasteiger partial charge in [0.2, 0.25) is 0 Å². The summed E-state index contributed by atoms with van der Waals surface area (Å²) in [5, 5.41) is 4.70. The third-order valence-corrected chi connectivity index (χ3v) is 4.86. The van der Waals surface area contributed by atoms with Crippen molar-refractivity contribution >= 4 is 28.6 Å². The number of anilines is 2. The fourth-order valence-electron chi connectivity index (χ4n) is 3.13. The Labute approximate surface area is 145 Å². The van der Waals surface area contributed by atoms with Crippen molar-refractivity contribution < 1.29 is 0 Å². The number of benzene rings is 1. The summed E-state index contributed by atoms with van der Waals surface area (Å²) in [4.78, 5) is 9.07. The molecular formula is C17H19ClN6. The van der Waals surface area contributed by atoms with Crippen molar-refractivity contribution in [2.24, 2.45) is 0 Å². The zero-order valence-corrected chi connectivity index (χ0v) is 14.2. The van der Waals surface area contributed by atoms with Crippen molar-refractivity contribution in [3.63, 3.8) is 0 Å². The molecule has 0 atom stereocenters. The molecule has 1 aliphatic heterocycles. The van der Waals surface area contributed by atoms with Crippen LogP contribution in [0.2, 0.25) is 5.15 Å². The molecule has 2 N–H and O–H groups in total. The fourth-order valence-corrected chi connectivity index (χ4v) is 3.31. The van der Waals surface area contributed by atoms with Crippen LogP contribution >= 0.6 is 11.6 Å². The van der Waals surface area contributed by atoms with Crippen molar-refractivity contribution in [3.8, 4) is 11.1 Å². The first-order valence-corrected chi connectivity index (χ1v) is 8.33. The third kappa shape index (κ3) is 2.57. The van der Waals surface area contributed by atoms with Crippen LogP contribution in [0, 0.1) is 0 Å². The zero-order valence-electron chi connectivity index (χ0n) is 13.5. The third-order valence-electron chi connectivity index (χ3n) is 4.57. The minimum absolute atomic E-state index is 0.528. The molecular weight excluding hydrogens is 324 g/mol. The second kappa shape index (κ2) is 5.96. The Morgan fingerprint density at radius 1 is 1.04 bits per heavy atom. The molecule has 0 aliphatic carbocycles. The molecule has 2 aromatic heterocycles. The van der Waals surface area contributed by atoms with E-state index in [-0.39, 0.29) is 0 Å². The summed E-state index contributed by atoms with van der Waals surface area (Å²) >= 11 is 6.18. The lowest BCUT2D eigenvalue weighted by Crippen LogP contribution is -2.44. The quantitative estimate of drug-likeness (QED) is 0.572. The Bertz CT molecular complexity index is 882. The average Bonchev–Trinajstić information content (AvgIpc) is 3.08. The van der Waals surface area contributed by atoms with E-state index in [1.165, 1.54) is 12.0 Å². The van der Waals surface area contributed by atoms with E-state index >= 15 is 0 Å². The topological polar surface area (TPSA) is 62.7 Å². The molecule has 0 saturated carbocycles. The predicted molar refractivity (Wildman–Crippen MR) is 97.6 cm³/mol. The SMILES string of the molecule is CN1CCN(c2ccc(N)c(-c3ccc(Cl)n4ncnc34)c2)CC1. The molecule has 1 aliphatic rings. The Kier molecular flexibility index (Phi) is 3.78. The summed E-state index contributed by atoms with van der Waals surface area (Å²) < 4.78 is 1.62. The van der Waals surface area contributed by atoms with Crippen LogP contribution in [0.25, 0.3) is 16.8 Å². The van der Waals surface area contributed by atoms with Crippen LogP contribution in [0.5, 0.6) is 0 Å². The molecule has 0 radical (unpaired) electrons. The lowest BCUT2D eigenvalue weighted by Gasteiger charge is -2.34. The van der Waals surface area contributed by atoms with E-state index in [4.69, 9.17) is 17.3 Å². The minimum atomic E-state index is 0.528. The second-order valence-corrected chi connectivity index (χ2v) is 6.51. The number of piperazine rings is 1. The van der Waals surface area contributed by atoms with Gasteiger partial charge in [-0.3, -0.25) is 0 Å². The highest BCUT2D eigenvalue weighted by atomic mass is 35.5. The summed E-state index contributed by atoms with van der Waals surface area (Å²) in [6.07, 6.45) is 1.51. The molecule has 0 spiro atoms. The first kappa shape index (κ1) is 15.2. The standard InChI is InChI=1S/C17H19ClN6/c1-22-6-8-23(9-7-22)12-2-4-15(19)14(10-12)13-3-5-16(18)24-17(13)20-11-21-24/h2-5,10-11H,6-9,19H2,1H3. The van der Waals surface area contributed by atoms with Gasteiger partial charge in [-0.15, -0.1) is 0 Å². The van der Waals surface area contributed by atoms with Gasteiger partial charge in [0.1, 0.15) is 11.5 Å². The molecule has 1 saturated heterocycles. The van der Waals surface area contributed by atoms with Gasteiger partial charge < -0.3 is 15.5 Å². The molecule has 24 heavy (non-hydrogen) atoms. The maximum absolute atomic E-state index is 6.25. The minimum Gasteiger partial charge on any atom is -0.398 e. The maximum Gasteiger partial charge on any atom is 0.164 e. The maximum atomic E-state index is 6.25. The van der Waals surface area contributed by atoms with E-state index in [9.17, 15) is 0 Å². The number of pyridine rings is 1. The summed E-state index contributed by atoms with van der Waals surface area (Å²) in [6, 6.07) is 9.95. The first-order chi connectivity index (χ1) is 11.6. The van der Waals surface area contributed by atoms with Crippen LogP contribution in [0.15, 0.2) is 36.7 Å². The molecule has 6 nitrogen and oxygen atoms in total. The number of hydrogen-bond donors (Lipinski definition) is 1. The number of nitrogens with two attached hydrogens (primary N) is 1. The molecule has 4 rings (SSSR count). The number of rotatable bonds is 2. The fraction of sp³-hybridized carbons (Fsp3) is 0.294. The molecule has 1 aromatic carbocycles. The van der Waals surface area contributed by atoms with Crippen molar-refractivity contribution in [1.29, 1.82) is 0 Å². The number of aromatic nitrogens is 3. The summed E-state index contributed by atoms with van der Waals surface area (Å²) in [7, 11) is 2.15. The van der Waals surface area contributed by atoms with E-state index in [0.717, 1.165) is 43.0 Å². The normalized spacial score (nSPS) is 16.0. The first-order valence-electron chi connectivity index (χ1n) is 7.95. The number of hydrogen-bond acceptors (Lipinski definition) is 5. The zero-order chi connectivity index (χ0) is 16.7. The molecule has 124 valence electrons. The number of nitrogens with zero attached hydrogens (tertiary/aromatic N) is 5. The van der Waals surface area contributed by atoms with Gasteiger partial charge in [-0.05, 0) is 37.4 Å². The van der Waals surface area contributed by atoms with Crippen molar-refractivity contribution in [2.45, 2.75) is 0 Å². The van der Waals surface area contributed by atoms with Crippen LogP contribution in [0.4, 0.5) is 11.4 Å². The van der Waals surface area contributed by atoms with Gasteiger partial charge in [-0.1, -0.05) is 11.6 Å². The Morgan fingerprint density at radius 3 is 2.62 bits per heavy atom. The second-order valence-electron chi connectivity index (χ2n) is 6.13. The van der Waals surface area contributed by atoms with Gasteiger partial charge in [0.05, 0.1) is 0 Å². The highest BCUT2D eigenvalue weighted by Crippen LogP contribution is 2.33. The number of nitrogen functional groups attached to an aromatic ring is 1. The van der Waals surface area contributed by atoms with Crippen LogP contribution in [-0.2, 0) is 0 Å². The van der Waals surface area contributed by atoms with Gasteiger partial charge >= 0.3 is 0 Å². The monoisotopic (exact) mass is 342 g/mol. The Morgan fingerprint density at radius 2 is 1.83 bits per heavy atom. The van der Waals surface area contributed by atoms with Gasteiger partial charge in [0, 0.05) is 48.7 Å². The molecule has 3 aromatic rings. The Hall–Kier alpha value is -2.31. The molecule has 0 bridgehead atoms. The van der Waals surface area contributed by atoms with Gasteiger partial charge in [0.15, 0.2) is 5.65 Å². The number of likely N-dealkylation sites (N-methyl/N-ethyl adjacent to an activating group) is 1. The van der Waals surface area contributed by atoms with Crippen LogP contribution in [0.1, 0.15) is 0 Å².